The Bertz CT molecular complexity index is 1080. The van der Waals surface area contributed by atoms with Gasteiger partial charge in [0.15, 0.2) is 5.82 Å². The summed E-state index contributed by atoms with van der Waals surface area (Å²) in [6.45, 7) is 2.00. The largest absolute Gasteiger partial charge is 0.395 e. The number of aliphatic hydroxyl groups is 1. The van der Waals surface area contributed by atoms with Crippen LogP contribution in [0.5, 0.6) is 0 Å². The van der Waals surface area contributed by atoms with Gasteiger partial charge in [0.1, 0.15) is 0 Å². The number of anilines is 1. The molecule has 2 aromatic rings. The molecule has 2 fully saturated rings. The highest BCUT2D eigenvalue weighted by Crippen LogP contribution is 2.42. The van der Waals surface area contributed by atoms with Gasteiger partial charge in [0.2, 0.25) is 0 Å². The number of halogens is 3. The summed E-state index contributed by atoms with van der Waals surface area (Å²) in [5.41, 5.74) is 3.56. The Kier molecular flexibility index (Phi) is 4.94. The van der Waals surface area contributed by atoms with E-state index in [0.717, 1.165) is 0 Å². The molecular formula is C19H23F3N4O3. The summed E-state index contributed by atoms with van der Waals surface area (Å²) < 4.78 is 44.5. The summed E-state index contributed by atoms with van der Waals surface area (Å²) in [5.74, 6) is -1.26. The second-order valence-electron chi connectivity index (χ2n) is 7.93. The third-order valence-electron chi connectivity index (χ3n) is 6.06. The van der Waals surface area contributed by atoms with Gasteiger partial charge in [-0.05, 0) is 32.1 Å². The summed E-state index contributed by atoms with van der Waals surface area (Å²) in [7, 11) is 0. The van der Waals surface area contributed by atoms with Crippen molar-refractivity contribution >= 4 is 16.6 Å². The molecule has 7 nitrogen and oxygen atoms in total. The number of aryl methyl sites for hydroxylation is 1. The molecule has 4 rings (SSSR count). The maximum absolute atomic E-state index is 15.4. The van der Waals surface area contributed by atoms with Crippen LogP contribution < -0.4 is 21.9 Å². The number of hydrogen-bond acceptors (Lipinski definition) is 5. The highest BCUT2D eigenvalue weighted by molar-refractivity contribution is 5.90. The van der Waals surface area contributed by atoms with Crippen LogP contribution in [0, 0.1) is 18.7 Å². The first-order valence-corrected chi connectivity index (χ1v) is 9.66. The van der Waals surface area contributed by atoms with Crippen molar-refractivity contribution in [2.75, 3.05) is 24.6 Å². The maximum atomic E-state index is 15.4. The molecule has 0 amide bonds. The van der Waals surface area contributed by atoms with Crippen LogP contribution in [0.25, 0.3) is 10.9 Å². The summed E-state index contributed by atoms with van der Waals surface area (Å²) in [4.78, 5) is 28.5. The smallest absolute Gasteiger partial charge is 0.329 e. The van der Waals surface area contributed by atoms with Crippen molar-refractivity contribution in [2.24, 2.45) is 11.7 Å². The first kappa shape index (κ1) is 20.0. The molecule has 1 aliphatic carbocycles. The summed E-state index contributed by atoms with van der Waals surface area (Å²) >= 11 is 0. The molecule has 1 aliphatic heterocycles. The van der Waals surface area contributed by atoms with Gasteiger partial charge >= 0.3 is 5.69 Å². The average molecular weight is 412 g/mol. The first-order valence-electron chi connectivity index (χ1n) is 9.66. The third kappa shape index (κ3) is 3.14. The number of benzene rings is 1. The minimum absolute atomic E-state index is 0.0279. The standard InChI is InChI=1S/C19H23F3N4O3/c1-8-15-13(18(28)24-19(29)26(15)10-2-3-10)12(17(21)22)14(20)16(8)25-5-4-9(6-25)11(23)7-27/h9-11,17,27H,2-7,23H2,1H3,(H,24,28,29). The molecule has 2 aliphatic rings. The van der Waals surface area contributed by atoms with Crippen molar-refractivity contribution < 1.29 is 18.3 Å². The molecule has 1 saturated carbocycles. The van der Waals surface area contributed by atoms with Crippen LogP contribution in [0.15, 0.2) is 9.59 Å². The van der Waals surface area contributed by atoms with E-state index in [9.17, 15) is 23.5 Å². The summed E-state index contributed by atoms with van der Waals surface area (Å²) in [5, 5.41) is 8.83. The van der Waals surface area contributed by atoms with E-state index in [2.05, 4.69) is 4.98 Å². The zero-order chi connectivity index (χ0) is 21.0. The van der Waals surface area contributed by atoms with Crippen molar-refractivity contribution in [3.63, 3.8) is 0 Å². The van der Waals surface area contributed by atoms with Gasteiger partial charge in [0.05, 0.1) is 28.8 Å². The zero-order valence-corrected chi connectivity index (χ0v) is 15.9. The van der Waals surface area contributed by atoms with Crippen LogP contribution in [0.2, 0.25) is 0 Å². The molecule has 1 aromatic heterocycles. The Morgan fingerprint density at radius 2 is 1.97 bits per heavy atom. The molecule has 0 radical (unpaired) electrons. The van der Waals surface area contributed by atoms with Gasteiger partial charge < -0.3 is 15.7 Å². The maximum Gasteiger partial charge on any atom is 0.329 e. The normalized spacial score (nSPS) is 20.8. The number of alkyl halides is 2. The summed E-state index contributed by atoms with van der Waals surface area (Å²) in [6.07, 6.45) is -1.27. The van der Waals surface area contributed by atoms with Crippen LogP contribution in [-0.4, -0.2) is 40.4 Å². The predicted molar refractivity (Wildman–Crippen MR) is 102 cm³/mol. The number of aromatic amines is 1. The van der Waals surface area contributed by atoms with Gasteiger partial charge in [-0.15, -0.1) is 0 Å². The Labute approximate surface area is 163 Å². The molecule has 2 heterocycles. The van der Waals surface area contributed by atoms with Crippen molar-refractivity contribution in [3.05, 3.63) is 37.8 Å². The lowest BCUT2D eigenvalue weighted by molar-refractivity contribution is 0.148. The number of rotatable bonds is 5. The molecule has 0 bridgehead atoms. The molecule has 29 heavy (non-hydrogen) atoms. The third-order valence-corrected chi connectivity index (χ3v) is 6.06. The zero-order valence-electron chi connectivity index (χ0n) is 15.9. The molecule has 0 spiro atoms. The van der Waals surface area contributed by atoms with Crippen molar-refractivity contribution in [2.45, 2.75) is 44.7 Å². The van der Waals surface area contributed by atoms with E-state index in [4.69, 9.17) is 5.73 Å². The first-order chi connectivity index (χ1) is 13.8. The van der Waals surface area contributed by atoms with E-state index in [1.807, 2.05) is 0 Å². The van der Waals surface area contributed by atoms with Gasteiger partial charge in [-0.1, -0.05) is 0 Å². The second kappa shape index (κ2) is 7.17. The predicted octanol–water partition coefficient (Wildman–Crippen LogP) is 1.56. The molecule has 10 heteroatoms. The molecule has 4 N–H and O–H groups in total. The lowest BCUT2D eigenvalue weighted by Crippen LogP contribution is -2.36. The molecule has 1 aromatic carbocycles. The van der Waals surface area contributed by atoms with Crippen LogP contribution >= 0.6 is 0 Å². The summed E-state index contributed by atoms with van der Waals surface area (Å²) in [6, 6.07) is -0.690. The van der Waals surface area contributed by atoms with Gasteiger partial charge in [0.25, 0.3) is 12.0 Å². The number of aliphatic hydroxyl groups excluding tert-OH is 1. The number of nitrogens with zero attached hydrogens (tertiary/aromatic N) is 2. The number of aromatic nitrogens is 2. The average Bonchev–Trinajstić information content (AvgIpc) is 3.38. The molecule has 158 valence electrons. The minimum Gasteiger partial charge on any atom is -0.395 e. The fraction of sp³-hybridized carbons (Fsp3) is 0.579. The van der Waals surface area contributed by atoms with Crippen LogP contribution in [0.1, 0.15) is 42.9 Å². The fourth-order valence-corrected chi connectivity index (χ4v) is 4.43. The Balaban J connectivity index is 2.00. The van der Waals surface area contributed by atoms with Crippen LogP contribution in [-0.2, 0) is 0 Å². The lowest BCUT2D eigenvalue weighted by Gasteiger charge is -2.26. The van der Waals surface area contributed by atoms with Crippen LogP contribution in [0.3, 0.4) is 0 Å². The van der Waals surface area contributed by atoms with E-state index in [1.54, 1.807) is 11.8 Å². The highest BCUT2D eigenvalue weighted by atomic mass is 19.3. The van der Waals surface area contributed by atoms with Crippen LogP contribution in [0.4, 0.5) is 18.9 Å². The van der Waals surface area contributed by atoms with E-state index >= 15 is 4.39 Å². The van der Waals surface area contributed by atoms with Crippen molar-refractivity contribution in [1.29, 1.82) is 0 Å². The molecule has 2 unspecified atom stereocenters. The Hall–Kier alpha value is -2.33. The van der Waals surface area contributed by atoms with Gasteiger partial charge in [-0.25, -0.2) is 18.0 Å². The molecular weight excluding hydrogens is 389 g/mol. The molecule has 2 atom stereocenters. The van der Waals surface area contributed by atoms with Crippen molar-refractivity contribution in [3.8, 4) is 0 Å². The van der Waals surface area contributed by atoms with E-state index in [-0.39, 0.29) is 35.3 Å². The van der Waals surface area contributed by atoms with Gasteiger partial charge in [0, 0.05) is 30.7 Å². The Morgan fingerprint density at radius 3 is 2.55 bits per heavy atom. The molecule has 1 saturated heterocycles. The van der Waals surface area contributed by atoms with E-state index in [1.165, 1.54) is 4.57 Å². The number of fused-ring (bicyclic) bond motifs is 1. The van der Waals surface area contributed by atoms with Gasteiger partial charge in [-0.2, -0.15) is 0 Å². The Morgan fingerprint density at radius 1 is 1.28 bits per heavy atom. The number of nitrogens with one attached hydrogen (secondary N) is 1. The van der Waals surface area contributed by atoms with Gasteiger partial charge in [-0.3, -0.25) is 14.3 Å². The monoisotopic (exact) mass is 412 g/mol. The fourth-order valence-electron chi connectivity index (χ4n) is 4.43. The quantitative estimate of drug-likeness (QED) is 0.691. The topological polar surface area (TPSA) is 104 Å². The highest BCUT2D eigenvalue weighted by Gasteiger charge is 2.36. The van der Waals surface area contributed by atoms with Crippen molar-refractivity contribution in [1.82, 2.24) is 9.55 Å². The minimum atomic E-state index is -3.22. The number of nitrogens with two attached hydrogens (primary N) is 1. The van der Waals surface area contributed by atoms with E-state index in [0.29, 0.717) is 32.4 Å². The number of hydrogen-bond donors (Lipinski definition) is 3. The lowest BCUT2D eigenvalue weighted by atomic mass is 10.00. The SMILES string of the molecule is Cc1c(N2CCC(C(N)CO)C2)c(F)c(C(F)F)c2c(=O)[nH]c(=O)n(C3CC3)c12. The number of H-pyrrole nitrogens is 1. The van der Waals surface area contributed by atoms with E-state index < -0.39 is 40.5 Å². The second-order valence-corrected chi connectivity index (χ2v) is 7.93.